The molecule has 0 aromatic heterocycles. The molecule has 0 aliphatic carbocycles. The number of amides is 2. The quantitative estimate of drug-likeness (QED) is 0.515. The Morgan fingerprint density at radius 1 is 1.00 bits per heavy atom. The van der Waals surface area contributed by atoms with Crippen LogP contribution in [-0.2, 0) is 19.1 Å². The van der Waals surface area contributed by atoms with Crippen LogP contribution >= 0.6 is 0 Å². The molecular formula is C28H40N4O6. The van der Waals surface area contributed by atoms with Gasteiger partial charge < -0.3 is 28.9 Å². The predicted octanol–water partition coefficient (Wildman–Crippen LogP) is 3.57. The van der Waals surface area contributed by atoms with Gasteiger partial charge in [-0.05, 0) is 66.5 Å². The molecule has 2 amide bonds. The number of benzene rings is 1. The highest BCUT2D eigenvalue weighted by molar-refractivity contribution is 5.85. The van der Waals surface area contributed by atoms with Crippen LogP contribution in [0.3, 0.4) is 0 Å². The van der Waals surface area contributed by atoms with Gasteiger partial charge >= 0.3 is 12.1 Å². The first-order chi connectivity index (χ1) is 17.8. The highest BCUT2D eigenvalue weighted by Crippen LogP contribution is 2.31. The number of carbonyl (C=O) groups excluding carboxylic acids is 3. The lowest BCUT2D eigenvalue weighted by Gasteiger charge is -2.39. The van der Waals surface area contributed by atoms with Crippen LogP contribution in [0.25, 0.3) is 0 Å². The molecule has 0 radical (unpaired) electrons. The molecule has 0 N–H and O–H groups in total. The second-order valence-electron chi connectivity index (χ2n) is 11.2. The molecule has 0 spiro atoms. The Bertz CT molecular complexity index is 1070. The van der Waals surface area contributed by atoms with Crippen LogP contribution in [0, 0.1) is 17.2 Å². The number of anilines is 1. The molecule has 1 aromatic carbocycles. The standard InChI is InChI=1S/C28H40N4O6/c1-7-36-24(33)21-9-8-10-32(19-21)22-15-20(18-29)16-23(17-22)37-28(5,6)25(34)30-11-13-31(14-12-30)26(35)38-27(2,3)4/h15-17,21H,7-14,19H2,1-6H3/t21-/m1/s1. The number of piperidine rings is 1. The summed E-state index contributed by atoms with van der Waals surface area (Å²) < 4.78 is 16.8. The van der Waals surface area contributed by atoms with E-state index in [4.69, 9.17) is 14.2 Å². The van der Waals surface area contributed by atoms with Crippen molar-refractivity contribution in [2.45, 2.75) is 65.6 Å². The average Bonchev–Trinajstić information content (AvgIpc) is 2.87. The van der Waals surface area contributed by atoms with Crippen molar-refractivity contribution in [1.82, 2.24) is 9.80 Å². The van der Waals surface area contributed by atoms with E-state index in [1.807, 2.05) is 26.8 Å². The molecule has 208 valence electrons. The third-order valence-electron chi connectivity index (χ3n) is 6.53. The van der Waals surface area contributed by atoms with E-state index in [2.05, 4.69) is 11.0 Å². The molecule has 38 heavy (non-hydrogen) atoms. The second-order valence-corrected chi connectivity index (χ2v) is 11.2. The van der Waals surface area contributed by atoms with Gasteiger partial charge in [0.2, 0.25) is 0 Å². The fraction of sp³-hybridized carbons (Fsp3) is 0.643. The minimum atomic E-state index is -1.20. The van der Waals surface area contributed by atoms with Crippen molar-refractivity contribution >= 4 is 23.7 Å². The second kappa shape index (κ2) is 11.9. The molecule has 0 bridgehead atoms. The Morgan fingerprint density at radius 2 is 1.66 bits per heavy atom. The van der Waals surface area contributed by atoms with Gasteiger partial charge in [-0.25, -0.2) is 4.79 Å². The van der Waals surface area contributed by atoms with Gasteiger partial charge in [0.05, 0.1) is 24.2 Å². The molecule has 2 saturated heterocycles. The largest absolute Gasteiger partial charge is 0.478 e. The topological polar surface area (TPSA) is 112 Å². The zero-order valence-corrected chi connectivity index (χ0v) is 23.4. The van der Waals surface area contributed by atoms with Crippen molar-refractivity contribution in [1.29, 1.82) is 5.26 Å². The Morgan fingerprint density at radius 3 is 2.26 bits per heavy atom. The van der Waals surface area contributed by atoms with Gasteiger partial charge in [-0.15, -0.1) is 0 Å². The SMILES string of the molecule is CCOC(=O)[C@@H]1CCCN(c2cc(C#N)cc(OC(C)(C)C(=O)N3CCN(C(=O)OC(C)(C)C)CC3)c2)C1. The summed E-state index contributed by atoms with van der Waals surface area (Å²) in [5.74, 6) is -0.228. The Labute approximate surface area is 225 Å². The summed E-state index contributed by atoms with van der Waals surface area (Å²) in [6.07, 6.45) is 1.21. The summed E-state index contributed by atoms with van der Waals surface area (Å²) in [5, 5.41) is 9.63. The lowest BCUT2D eigenvalue weighted by atomic mass is 9.97. The first kappa shape index (κ1) is 29.1. The van der Waals surface area contributed by atoms with E-state index >= 15 is 0 Å². The molecule has 2 heterocycles. The van der Waals surface area contributed by atoms with Gasteiger partial charge in [-0.2, -0.15) is 5.26 Å². The van der Waals surface area contributed by atoms with Crippen molar-refractivity contribution in [3.8, 4) is 11.8 Å². The molecule has 10 heteroatoms. The third-order valence-corrected chi connectivity index (χ3v) is 6.53. The third kappa shape index (κ3) is 7.53. The number of ether oxygens (including phenoxy) is 3. The molecule has 2 fully saturated rings. The van der Waals surface area contributed by atoms with Gasteiger partial charge in [0.15, 0.2) is 5.60 Å². The summed E-state index contributed by atoms with van der Waals surface area (Å²) in [6, 6.07) is 7.36. The molecule has 1 aromatic rings. The van der Waals surface area contributed by atoms with E-state index in [0.29, 0.717) is 50.6 Å². The fourth-order valence-electron chi connectivity index (χ4n) is 4.69. The van der Waals surface area contributed by atoms with Crippen LogP contribution < -0.4 is 9.64 Å². The maximum absolute atomic E-state index is 13.4. The van der Waals surface area contributed by atoms with Crippen LogP contribution in [-0.4, -0.2) is 84.8 Å². The predicted molar refractivity (Wildman–Crippen MR) is 142 cm³/mol. The zero-order chi connectivity index (χ0) is 28.1. The number of piperazine rings is 1. The monoisotopic (exact) mass is 528 g/mol. The van der Waals surface area contributed by atoms with E-state index in [0.717, 1.165) is 25.1 Å². The molecule has 1 atom stereocenters. The number of nitrogens with zero attached hydrogens (tertiary/aromatic N) is 4. The summed E-state index contributed by atoms with van der Waals surface area (Å²) in [7, 11) is 0. The van der Waals surface area contributed by atoms with Crippen LogP contribution in [0.4, 0.5) is 10.5 Å². The summed E-state index contributed by atoms with van der Waals surface area (Å²) in [5.41, 5.74) is -0.605. The van der Waals surface area contributed by atoms with Gasteiger partial charge in [0.25, 0.3) is 5.91 Å². The smallest absolute Gasteiger partial charge is 0.410 e. The van der Waals surface area contributed by atoms with Gasteiger partial charge in [-0.1, -0.05) is 0 Å². The number of hydrogen-bond acceptors (Lipinski definition) is 8. The Hall–Kier alpha value is -3.48. The first-order valence-corrected chi connectivity index (χ1v) is 13.3. The Balaban J connectivity index is 1.68. The van der Waals surface area contributed by atoms with Crippen molar-refractivity contribution in [2.75, 3.05) is 50.8 Å². The van der Waals surface area contributed by atoms with Crippen LogP contribution in [0.1, 0.15) is 59.9 Å². The van der Waals surface area contributed by atoms with E-state index in [1.165, 1.54) is 0 Å². The molecule has 2 aliphatic heterocycles. The number of esters is 1. The van der Waals surface area contributed by atoms with Crippen molar-refractivity contribution in [3.63, 3.8) is 0 Å². The van der Waals surface area contributed by atoms with Crippen molar-refractivity contribution < 1.29 is 28.6 Å². The van der Waals surface area contributed by atoms with Crippen LogP contribution in [0.5, 0.6) is 5.75 Å². The lowest BCUT2D eigenvalue weighted by Crippen LogP contribution is -2.57. The maximum Gasteiger partial charge on any atom is 0.410 e. The molecule has 2 aliphatic rings. The normalized spacial score (nSPS) is 18.4. The van der Waals surface area contributed by atoms with E-state index in [-0.39, 0.29) is 23.9 Å². The summed E-state index contributed by atoms with van der Waals surface area (Å²) in [4.78, 5) is 43.4. The average molecular weight is 529 g/mol. The molecule has 0 saturated carbocycles. The highest BCUT2D eigenvalue weighted by atomic mass is 16.6. The summed E-state index contributed by atoms with van der Waals surface area (Å²) in [6.45, 7) is 13.7. The number of hydrogen-bond donors (Lipinski definition) is 0. The van der Waals surface area contributed by atoms with E-state index in [9.17, 15) is 19.6 Å². The van der Waals surface area contributed by atoms with Gasteiger partial charge in [-0.3, -0.25) is 9.59 Å². The zero-order valence-electron chi connectivity index (χ0n) is 23.4. The van der Waals surface area contributed by atoms with E-state index < -0.39 is 11.2 Å². The molecule has 3 rings (SSSR count). The lowest BCUT2D eigenvalue weighted by molar-refractivity contribution is -0.148. The molecule has 10 nitrogen and oxygen atoms in total. The first-order valence-electron chi connectivity index (χ1n) is 13.3. The van der Waals surface area contributed by atoms with Crippen LogP contribution in [0.2, 0.25) is 0 Å². The summed E-state index contributed by atoms with van der Waals surface area (Å²) >= 11 is 0. The highest BCUT2D eigenvalue weighted by Gasteiger charge is 2.37. The molecule has 0 unspecified atom stereocenters. The minimum absolute atomic E-state index is 0.203. The van der Waals surface area contributed by atoms with Gasteiger partial charge in [0.1, 0.15) is 11.4 Å². The van der Waals surface area contributed by atoms with Crippen molar-refractivity contribution in [3.05, 3.63) is 23.8 Å². The minimum Gasteiger partial charge on any atom is -0.478 e. The van der Waals surface area contributed by atoms with Crippen molar-refractivity contribution in [2.24, 2.45) is 5.92 Å². The van der Waals surface area contributed by atoms with E-state index in [1.54, 1.807) is 42.7 Å². The molecular weight excluding hydrogens is 488 g/mol. The van der Waals surface area contributed by atoms with Gasteiger partial charge in [0, 0.05) is 51.0 Å². The van der Waals surface area contributed by atoms with Crippen LogP contribution in [0.15, 0.2) is 18.2 Å². The number of carbonyl (C=O) groups is 3. The number of rotatable bonds is 6. The number of nitriles is 1. The fourth-order valence-corrected chi connectivity index (χ4v) is 4.69. The maximum atomic E-state index is 13.4. The Kier molecular flexibility index (Phi) is 9.13.